The molecule has 0 aromatic carbocycles. The number of aliphatic hydroxyl groups excluding tert-OH is 1. The number of rotatable bonds is 6. The Morgan fingerprint density at radius 2 is 2.24 bits per heavy atom. The van der Waals surface area contributed by atoms with Crippen molar-refractivity contribution in [2.45, 2.75) is 51.7 Å². The van der Waals surface area contributed by atoms with Crippen molar-refractivity contribution < 1.29 is 9.90 Å². The number of aromatic nitrogens is 2. The van der Waals surface area contributed by atoms with Gasteiger partial charge in [-0.05, 0) is 56.0 Å². The number of thiophene rings is 1. The highest BCUT2D eigenvalue weighted by atomic mass is 32.1. The number of nitrogens with zero attached hydrogens (tertiary/aromatic N) is 1. The van der Waals surface area contributed by atoms with Gasteiger partial charge in [-0.3, -0.25) is 4.79 Å². The van der Waals surface area contributed by atoms with Gasteiger partial charge < -0.3 is 15.4 Å². The minimum atomic E-state index is -0.357. The molecule has 1 amide bonds. The van der Waals surface area contributed by atoms with Crippen molar-refractivity contribution in [1.29, 1.82) is 0 Å². The third kappa shape index (κ3) is 4.16. The summed E-state index contributed by atoms with van der Waals surface area (Å²) in [5, 5.41) is 14.7. The van der Waals surface area contributed by atoms with Crippen LogP contribution in [-0.4, -0.2) is 27.1 Å². The summed E-state index contributed by atoms with van der Waals surface area (Å²) in [4.78, 5) is 31.5. The number of carbonyl (C=O) groups is 1. The molecule has 1 atom stereocenters. The van der Waals surface area contributed by atoms with Gasteiger partial charge in [0.05, 0.1) is 12.1 Å². The molecular weight excluding hydrogens is 338 g/mol. The Morgan fingerprint density at radius 1 is 1.48 bits per heavy atom. The molecular formula is C18H23N3O3S. The fraction of sp³-hybridized carbons (Fsp3) is 0.500. The Kier molecular flexibility index (Phi) is 5.34. The maximum Gasteiger partial charge on any atom is 0.345 e. The summed E-state index contributed by atoms with van der Waals surface area (Å²) < 4.78 is 0. The molecule has 25 heavy (non-hydrogen) atoms. The van der Waals surface area contributed by atoms with Crippen LogP contribution in [0.15, 0.2) is 22.3 Å². The Hall–Kier alpha value is -1.99. The normalized spacial score (nSPS) is 20.8. The van der Waals surface area contributed by atoms with E-state index in [-0.39, 0.29) is 29.7 Å². The molecule has 0 bridgehead atoms. The van der Waals surface area contributed by atoms with E-state index in [0.29, 0.717) is 18.5 Å². The van der Waals surface area contributed by atoms with Crippen molar-refractivity contribution in [3.05, 3.63) is 49.8 Å². The highest BCUT2D eigenvalue weighted by Gasteiger charge is 2.36. The van der Waals surface area contributed by atoms with Crippen LogP contribution in [0.25, 0.3) is 0 Å². The van der Waals surface area contributed by atoms with Crippen LogP contribution < -0.4 is 11.0 Å². The lowest BCUT2D eigenvalue weighted by Crippen LogP contribution is -2.41. The van der Waals surface area contributed by atoms with Gasteiger partial charge >= 0.3 is 5.69 Å². The molecule has 0 unspecified atom stereocenters. The van der Waals surface area contributed by atoms with Crippen molar-refractivity contribution >= 4 is 17.2 Å². The van der Waals surface area contributed by atoms with Crippen LogP contribution in [0.4, 0.5) is 0 Å². The van der Waals surface area contributed by atoms with Crippen molar-refractivity contribution in [1.82, 2.24) is 15.3 Å². The zero-order valence-corrected chi connectivity index (χ0v) is 15.2. The van der Waals surface area contributed by atoms with Crippen LogP contribution in [0.2, 0.25) is 0 Å². The number of amides is 1. The summed E-state index contributed by atoms with van der Waals surface area (Å²) in [5.41, 5.74) is 2.00. The summed E-state index contributed by atoms with van der Waals surface area (Å²) in [6, 6.07) is 3.97. The Labute approximate surface area is 150 Å². The minimum absolute atomic E-state index is 0.0233. The van der Waals surface area contributed by atoms with Gasteiger partial charge in [-0.1, -0.05) is 6.07 Å². The van der Waals surface area contributed by atoms with E-state index >= 15 is 0 Å². The van der Waals surface area contributed by atoms with Gasteiger partial charge in [-0.25, -0.2) is 4.79 Å². The number of H-pyrrole nitrogens is 1. The van der Waals surface area contributed by atoms with Crippen LogP contribution in [0.1, 0.15) is 47.1 Å². The van der Waals surface area contributed by atoms with E-state index in [2.05, 4.69) is 15.3 Å². The van der Waals surface area contributed by atoms with E-state index in [1.54, 1.807) is 18.3 Å². The van der Waals surface area contributed by atoms with Gasteiger partial charge in [0.15, 0.2) is 0 Å². The van der Waals surface area contributed by atoms with E-state index in [4.69, 9.17) is 0 Å². The van der Waals surface area contributed by atoms with Crippen molar-refractivity contribution in [2.75, 3.05) is 0 Å². The third-order valence-corrected chi connectivity index (χ3v) is 5.80. The predicted molar refractivity (Wildman–Crippen MR) is 96.6 cm³/mol. The fourth-order valence-electron chi connectivity index (χ4n) is 3.40. The lowest BCUT2D eigenvalue weighted by Gasteiger charge is -2.37. The number of carbonyl (C=O) groups excluding carboxylic acids is 1. The number of hydrogen-bond acceptors (Lipinski definition) is 5. The number of hydrogen-bond donors (Lipinski definition) is 3. The van der Waals surface area contributed by atoms with Gasteiger partial charge in [0, 0.05) is 22.7 Å². The molecule has 2 aromatic heterocycles. The maximum atomic E-state index is 12.5. The lowest BCUT2D eigenvalue weighted by atomic mass is 9.76. The number of aryl methyl sites for hydroxylation is 2. The Bertz CT molecular complexity index is 768. The molecule has 0 radical (unpaired) electrons. The van der Waals surface area contributed by atoms with Crippen LogP contribution in [0, 0.1) is 19.8 Å². The van der Waals surface area contributed by atoms with Gasteiger partial charge in [0.2, 0.25) is 5.91 Å². The molecule has 0 aliphatic heterocycles. The van der Waals surface area contributed by atoms with Gasteiger partial charge in [0.25, 0.3) is 0 Å². The lowest BCUT2D eigenvalue weighted by molar-refractivity contribution is -0.123. The maximum absolute atomic E-state index is 12.5. The first kappa shape index (κ1) is 17.8. The van der Waals surface area contributed by atoms with E-state index < -0.39 is 0 Å². The molecule has 3 N–H and O–H groups in total. The van der Waals surface area contributed by atoms with E-state index in [1.165, 1.54) is 0 Å². The number of aliphatic hydroxyl groups is 1. The largest absolute Gasteiger partial charge is 0.393 e. The van der Waals surface area contributed by atoms with E-state index in [1.807, 2.05) is 24.4 Å². The van der Waals surface area contributed by atoms with Crippen molar-refractivity contribution in [3.8, 4) is 0 Å². The quantitative estimate of drug-likeness (QED) is 0.733. The molecule has 1 aliphatic carbocycles. The first-order valence-electron chi connectivity index (χ1n) is 8.51. The SMILES string of the molecule is Cc1nc(=O)[nH]c(C)c1CCC(=O)N[C@@H](c1cccs1)C1CC(O)C1. The second-order valence-electron chi connectivity index (χ2n) is 6.68. The molecule has 134 valence electrons. The van der Waals surface area contributed by atoms with Crippen LogP contribution in [-0.2, 0) is 11.2 Å². The molecule has 2 heterocycles. The molecule has 1 saturated carbocycles. The highest BCUT2D eigenvalue weighted by Crippen LogP contribution is 2.39. The second-order valence-corrected chi connectivity index (χ2v) is 7.66. The molecule has 0 saturated heterocycles. The Balaban J connectivity index is 1.64. The average Bonchev–Trinajstić information content (AvgIpc) is 3.03. The van der Waals surface area contributed by atoms with E-state index in [0.717, 1.165) is 29.0 Å². The summed E-state index contributed by atoms with van der Waals surface area (Å²) >= 11 is 1.63. The monoisotopic (exact) mass is 361 g/mol. The zero-order valence-electron chi connectivity index (χ0n) is 14.4. The number of aromatic amines is 1. The minimum Gasteiger partial charge on any atom is -0.393 e. The number of nitrogens with one attached hydrogen (secondary N) is 2. The standard InChI is InChI=1S/C18H23N3O3S/c1-10-14(11(2)20-18(24)19-10)5-6-16(23)21-17(12-8-13(22)9-12)15-4-3-7-25-15/h3-4,7,12-13,17,22H,5-6,8-9H2,1-2H3,(H,21,23)(H,19,20,24)/t12?,13?,17-/m1/s1. The summed E-state index contributed by atoms with van der Waals surface area (Å²) in [6.45, 7) is 3.62. The summed E-state index contributed by atoms with van der Waals surface area (Å²) in [7, 11) is 0. The van der Waals surface area contributed by atoms with Crippen LogP contribution in [0.5, 0.6) is 0 Å². The van der Waals surface area contributed by atoms with Crippen LogP contribution in [0.3, 0.4) is 0 Å². The Morgan fingerprint density at radius 3 is 2.84 bits per heavy atom. The smallest absolute Gasteiger partial charge is 0.345 e. The second kappa shape index (κ2) is 7.49. The van der Waals surface area contributed by atoms with Crippen molar-refractivity contribution in [3.63, 3.8) is 0 Å². The predicted octanol–water partition coefficient (Wildman–Crippen LogP) is 2.01. The summed E-state index contributed by atoms with van der Waals surface area (Å²) in [5.74, 6) is 0.264. The third-order valence-electron chi connectivity index (χ3n) is 4.84. The molecule has 3 rings (SSSR count). The molecule has 1 aliphatic rings. The van der Waals surface area contributed by atoms with Gasteiger partial charge in [-0.15, -0.1) is 11.3 Å². The molecule has 0 spiro atoms. The van der Waals surface area contributed by atoms with E-state index in [9.17, 15) is 14.7 Å². The molecule has 1 fully saturated rings. The van der Waals surface area contributed by atoms with Gasteiger partial charge in [-0.2, -0.15) is 4.98 Å². The summed E-state index contributed by atoms with van der Waals surface area (Å²) in [6.07, 6.45) is 2.09. The first-order chi connectivity index (χ1) is 11.9. The highest BCUT2D eigenvalue weighted by molar-refractivity contribution is 7.10. The van der Waals surface area contributed by atoms with Crippen LogP contribution >= 0.6 is 11.3 Å². The zero-order chi connectivity index (χ0) is 18.0. The first-order valence-corrected chi connectivity index (χ1v) is 9.39. The molecule has 2 aromatic rings. The van der Waals surface area contributed by atoms with Gasteiger partial charge in [0.1, 0.15) is 0 Å². The topological polar surface area (TPSA) is 95.1 Å². The molecule has 7 heteroatoms. The molecule has 6 nitrogen and oxygen atoms in total. The fourth-order valence-corrected chi connectivity index (χ4v) is 4.27. The average molecular weight is 361 g/mol. The van der Waals surface area contributed by atoms with Crippen molar-refractivity contribution in [2.24, 2.45) is 5.92 Å².